The molecule has 0 aromatic heterocycles. The van der Waals surface area contributed by atoms with Crippen LogP contribution in [-0.4, -0.2) is 50.0 Å². The van der Waals surface area contributed by atoms with Gasteiger partial charge in [0.05, 0.1) is 12.8 Å². The molecule has 6 nitrogen and oxygen atoms in total. The minimum absolute atomic E-state index is 0.158. The number of methoxy groups -OCH3 is 1. The van der Waals surface area contributed by atoms with Crippen LogP contribution >= 0.6 is 0 Å². The van der Waals surface area contributed by atoms with Crippen molar-refractivity contribution in [2.75, 3.05) is 43.5 Å². The second-order valence-electron chi connectivity index (χ2n) is 7.90. The first-order valence-corrected chi connectivity index (χ1v) is 9.88. The Morgan fingerprint density at radius 2 is 1.66 bits per heavy atom. The Morgan fingerprint density at radius 1 is 1.00 bits per heavy atom. The highest BCUT2D eigenvalue weighted by Crippen LogP contribution is 2.29. The van der Waals surface area contributed by atoms with Crippen molar-refractivity contribution in [3.8, 4) is 5.75 Å². The summed E-state index contributed by atoms with van der Waals surface area (Å²) in [6, 6.07) is 15.7. The Hall–Kier alpha value is -3.02. The third-order valence-electron chi connectivity index (χ3n) is 5.39. The van der Waals surface area contributed by atoms with Gasteiger partial charge in [0.2, 0.25) is 11.8 Å². The highest BCUT2D eigenvalue weighted by atomic mass is 16.5. The highest BCUT2D eigenvalue weighted by Gasteiger charge is 2.40. The van der Waals surface area contributed by atoms with Gasteiger partial charge in [0.1, 0.15) is 11.2 Å². The van der Waals surface area contributed by atoms with E-state index in [0.29, 0.717) is 24.5 Å². The lowest BCUT2D eigenvalue weighted by Crippen LogP contribution is -2.54. The van der Waals surface area contributed by atoms with Crippen LogP contribution in [0.15, 0.2) is 48.5 Å². The predicted molar refractivity (Wildman–Crippen MR) is 115 cm³/mol. The number of piperazine rings is 1. The molecule has 6 heteroatoms. The van der Waals surface area contributed by atoms with Crippen LogP contribution in [0.3, 0.4) is 0 Å². The van der Waals surface area contributed by atoms with E-state index in [1.165, 1.54) is 0 Å². The molecule has 1 aliphatic heterocycles. The molecule has 1 heterocycles. The summed E-state index contributed by atoms with van der Waals surface area (Å²) in [6.45, 7) is 7.99. The molecule has 0 unspecified atom stereocenters. The van der Waals surface area contributed by atoms with Gasteiger partial charge in [-0.15, -0.1) is 0 Å². The molecule has 2 amide bonds. The van der Waals surface area contributed by atoms with Crippen molar-refractivity contribution in [3.63, 3.8) is 0 Å². The van der Waals surface area contributed by atoms with Crippen LogP contribution in [0.5, 0.6) is 5.75 Å². The molecular formula is C23H29N3O3. The Labute approximate surface area is 172 Å². The van der Waals surface area contributed by atoms with Crippen molar-refractivity contribution in [2.45, 2.75) is 20.8 Å². The fraction of sp³-hybridized carbons (Fsp3) is 0.391. The number of benzene rings is 2. The van der Waals surface area contributed by atoms with Gasteiger partial charge in [-0.2, -0.15) is 0 Å². The van der Waals surface area contributed by atoms with Gasteiger partial charge >= 0.3 is 0 Å². The molecule has 1 fully saturated rings. The summed E-state index contributed by atoms with van der Waals surface area (Å²) in [5, 5.41) is 2.88. The number of amides is 2. The van der Waals surface area contributed by atoms with E-state index in [9.17, 15) is 9.59 Å². The first-order chi connectivity index (χ1) is 13.8. The van der Waals surface area contributed by atoms with Crippen LogP contribution in [0, 0.1) is 12.3 Å². The Balaban J connectivity index is 1.65. The van der Waals surface area contributed by atoms with E-state index in [1.807, 2.05) is 43.3 Å². The van der Waals surface area contributed by atoms with Crippen LogP contribution in [0.2, 0.25) is 0 Å². The second-order valence-corrected chi connectivity index (χ2v) is 7.90. The zero-order valence-electron chi connectivity index (χ0n) is 17.6. The maximum Gasteiger partial charge on any atom is 0.239 e. The number of hydrogen-bond acceptors (Lipinski definition) is 4. The molecular weight excluding hydrogens is 366 g/mol. The van der Waals surface area contributed by atoms with E-state index in [0.717, 1.165) is 24.3 Å². The molecule has 1 aliphatic rings. The zero-order valence-corrected chi connectivity index (χ0v) is 17.6. The molecule has 0 bridgehead atoms. The van der Waals surface area contributed by atoms with Gasteiger partial charge in [-0.05, 0) is 50.6 Å². The number of carbonyl (C=O) groups is 2. The molecule has 0 aliphatic carbocycles. The van der Waals surface area contributed by atoms with Crippen LogP contribution in [-0.2, 0) is 9.59 Å². The highest BCUT2D eigenvalue weighted by molar-refractivity contribution is 6.10. The topological polar surface area (TPSA) is 61.9 Å². The predicted octanol–water partition coefficient (Wildman–Crippen LogP) is 3.32. The molecule has 0 atom stereocenters. The zero-order chi connectivity index (χ0) is 21.0. The normalized spacial score (nSPS) is 14.5. The van der Waals surface area contributed by atoms with Crippen LogP contribution in [0.1, 0.15) is 19.4 Å². The maximum atomic E-state index is 13.1. The van der Waals surface area contributed by atoms with Crippen molar-refractivity contribution in [1.82, 2.24) is 4.90 Å². The van der Waals surface area contributed by atoms with Gasteiger partial charge in [-0.3, -0.25) is 9.59 Å². The molecule has 0 radical (unpaired) electrons. The molecule has 0 spiro atoms. The van der Waals surface area contributed by atoms with Crippen LogP contribution in [0.25, 0.3) is 0 Å². The standard InChI is InChI=1S/C23H29N3O3/c1-17-10-11-20(29-4)19(16-17)24-21(27)23(2,3)22(28)26-14-12-25(13-15-26)18-8-6-5-7-9-18/h5-11,16H,12-15H2,1-4H3,(H,24,27). The van der Waals surface area contributed by atoms with Gasteiger partial charge in [-0.25, -0.2) is 0 Å². The van der Waals surface area contributed by atoms with E-state index in [1.54, 1.807) is 25.9 Å². The lowest BCUT2D eigenvalue weighted by Gasteiger charge is -2.39. The number of nitrogens with one attached hydrogen (secondary N) is 1. The van der Waals surface area contributed by atoms with Crippen molar-refractivity contribution in [1.29, 1.82) is 0 Å². The van der Waals surface area contributed by atoms with Crippen molar-refractivity contribution in [2.24, 2.45) is 5.41 Å². The molecule has 1 N–H and O–H groups in total. The summed E-state index contributed by atoms with van der Waals surface area (Å²) in [5.41, 5.74) is 1.56. The van der Waals surface area contributed by atoms with E-state index in [-0.39, 0.29) is 11.8 Å². The summed E-state index contributed by atoms with van der Waals surface area (Å²) in [4.78, 5) is 30.1. The number of carbonyl (C=O) groups excluding carboxylic acids is 2. The van der Waals surface area contributed by atoms with E-state index in [2.05, 4.69) is 22.3 Å². The average Bonchev–Trinajstić information content (AvgIpc) is 2.74. The quantitative estimate of drug-likeness (QED) is 0.789. The molecule has 154 valence electrons. The largest absolute Gasteiger partial charge is 0.495 e. The van der Waals surface area contributed by atoms with Gasteiger partial charge in [0, 0.05) is 31.9 Å². The summed E-state index contributed by atoms with van der Waals surface area (Å²) in [7, 11) is 1.56. The van der Waals surface area contributed by atoms with Crippen molar-refractivity contribution >= 4 is 23.2 Å². The molecule has 2 aromatic rings. The third-order valence-corrected chi connectivity index (χ3v) is 5.39. The molecule has 1 saturated heterocycles. The SMILES string of the molecule is COc1ccc(C)cc1NC(=O)C(C)(C)C(=O)N1CCN(c2ccccc2)CC1. The number of anilines is 2. The minimum atomic E-state index is -1.18. The molecule has 0 saturated carbocycles. The molecule has 2 aromatic carbocycles. The van der Waals surface area contributed by atoms with Gasteiger partial charge in [0.25, 0.3) is 0 Å². The Kier molecular flexibility index (Phi) is 6.11. The summed E-state index contributed by atoms with van der Waals surface area (Å²) in [6.07, 6.45) is 0. The smallest absolute Gasteiger partial charge is 0.239 e. The number of nitrogens with zero attached hydrogens (tertiary/aromatic N) is 2. The fourth-order valence-corrected chi connectivity index (χ4v) is 3.50. The molecule has 29 heavy (non-hydrogen) atoms. The minimum Gasteiger partial charge on any atom is -0.495 e. The number of rotatable bonds is 5. The number of aryl methyl sites for hydroxylation is 1. The van der Waals surface area contributed by atoms with E-state index < -0.39 is 5.41 Å². The third kappa shape index (κ3) is 4.53. The number of ether oxygens (including phenoxy) is 1. The Morgan fingerprint density at radius 3 is 2.28 bits per heavy atom. The van der Waals surface area contributed by atoms with Gasteiger partial charge < -0.3 is 19.9 Å². The van der Waals surface area contributed by atoms with E-state index >= 15 is 0 Å². The van der Waals surface area contributed by atoms with Crippen LogP contribution < -0.4 is 15.0 Å². The fourth-order valence-electron chi connectivity index (χ4n) is 3.50. The monoisotopic (exact) mass is 395 g/mol. The van der Waals surface area contributed by atoms with Crippen LogP contribution in [0.4, 0.5) is 11.4 Å². The summed E-state index contributed by atoms with van der Waals surface area (Å²) in [5.74, 6) is 0.0786. The van der Waals surface area contributed by atoms with E-state index in [4.69, 9.17) is 4.74 Å². The van der Waals surface area contributed by atoms with Gasteiger partial charge in [0.15, 0.2) is 0 Å². The molecule has 3 rings (SSSR count). The number of hydrogen-bond donors (Lipinski definition) is 1. The van der Waals surface area contributed by atoms with Gasteiger partial charge in [-0.1, -0.05) is 24.3 Å². The maximum absolute atomic E-state index is 13.1. The lowest BCUT2D eigenvalue weighted by molar-refractivity contribution is -0.146. The summed E-state index contributed by atoms with van der Waals surface area (Å²) >= 11 is 0. The first-order valence-electron chi connectivity index (χ1n) is 9.88. The average molecular weight is 396 g/mol. The van der Waals surface area contributed by atoms with Crippen molar-refractivity contribution < 1.29 is 14.3 Å². The lowest BCUT2D eigenvalue weighted by atomic mass is 9.89. The Bertz CT molecular complexity index is 872. The first kappa shape index (κ1) is 20.7. The summed E-state index contributed by atoms with van der Waals surface area (Å²) < 4.78 is 5.33. The number of para-hydroxylation sites is 1. The van der Waals surface area contributed by atoms with Crippen molar-refractivity contribution in [3.05, 3.63) is 54.1 Å². The second kappa shape index (κ2) is 8.55.